The third-order valence-corrected chi connectivity index (χ3v) is 9.11. The van der Waals surface area contributed by atoms with Gasteiger partial charge in [0.1, 0.15) is 11.2 Å². The van der Waals surface area contributed by atoms with E-state index in [2.05, 4.69) is 149 Å². The number of benzene rings is 7. The molecular formula is C42H30N2O. The number of fused-ring (bicyclic) bond motifs is 7. The highest BCUT2D eigenvalue weighted by molar-refractivity contribution is 6.15. The lowest BCUT2D eigenvalue weighted by atomic mass is 9.98. The van der Waals surface area contributed by atoms with Gasteiger partial charge in [-0.15, -0.1) is 0 Å². The summed E-state index contributed by atoms with van der Waals surface area (Å²) in [4.78, 5) is 0. The van der Waals surface area contributed by atoms with Crippen LogP contribution in [0.4, 0.5) is 0 Å². The van der Waals surface area contributed by atoms with Crippen LogP contribution in [0.15, 0.2) is 156 Å². The first kappa shape index (κ1) is 25.8. The predicted molar refractivity (Wildman–Crippen MR) is 188 cm³/mol. The molecule has 214 valence electrons. The third-order valence-electron chi connectivity index (χ3n) is 9.11. The average Bonchev–Trinajstić information content (AvgIpc) is 3.64. The zero-order valence-corrected chi connectivity index (χ0v) is 24.7. The van der Waals surface area contributed by atoms with Gasteiger partial charge in [0.25, 0.3) is 0 Å². The number of aromatic nitrogens is 1. The summed E-state index contributed by atoms with van der Waals surface area (Å²) in [5.41, 5.74) is 10.4. The van der Waals surface area contributed by atoms with Crippen molar-refractivity contribution in [2.75, 3.05) is 0 Å². The molecule has 2 heterocycles. The van der Waals surface area contributed by atoms with Gasteiger partial charge in [-0.05, 0) is 58.0 Å². The summed E-state index contributed by atoms with van der Waals surface area (Å²) in [5.74, 6) is 0. The molecule has 0 bridgehead atoms. The van der Waals surface area contributed by atoms with E-state index in [9.17, 15) is 0 Å². The van der Waals surface area contributed by atoms with Crippen LogP contribution in [-0.2, 0) is 13.1 Å². The first-order chi connectivity index (χ1) is 22.3. The number of hydrogen-bond acceptors (Lipinski definition) is 2. The van der Waals surface area contributed by atoms with Crippen molar-refractivity contribution in [1.29, 1.82) is 0 Å². The molecule has 0 aliphatic rings. The highest BCUT2D eigenvalue weighted by Gasteiger charge is 2.18. The van der Waals surface area contributed by atoms with Crippen molar-refractivity contribution in [1.82, 2.24) is 9.88 Å². The zero-order valence-electron chi connectivity index (χ0n) is 24.7. The molecule has 45 heavy (non-hydrogen) atoms. The molecule has 7 aromatic carbocycles. The lowest BCUT2D eigenvalue weighted by molar-refractivity contribution is 0.669. The quantitative estimate of drug-likeness (QED) is 0.213. The van der Waals surface area contributed by atoms with Gasteiger partial charge in [-0.2, -0.15) is 0 Å². The molecule has 0 unspecified atom stereocenters. The molecule has 2 aromatic heterocycles. The van der Waals surface area contributed by atoms with Crippen LogP contribution >= 0.6 is 0 Å². The summed E-state index contributed by atoms with van der Waals surface area (Å²) in [6, 6.07) is 54.3. The molecule has 0 fully saturated rings. The molecule has 9 rings (SSSR count). The van der Waals surface area contributed by atoms with Crippen molar-refractivity contribution in [3.8, 4) is 16.8 Å². The molecule has 0 radical (unpaired) electrons. The molecule has 0 aliphatic carbocycles. The Labute approximate surface area is 261 Å². The number of furan rings is 1. The number of nitrogens with one attached hydrogen (secondary N) is 1. The Hall–Kier alpha value is -5.64. The Bertz CT molecular complexity index is 2520. The second-order valence-electron chi connectivity index (χ2n) is 11.7. The third kappa shape index (κ3) is 4.24. The molecule has 9 aromatic rings. The molecule has 0 saturated heterocycles. The van der Waals surface area contributed by atoms with E-state index in [0.717, 1.165) is 35.0 Å². The minimum absolute atomic E-state index is 0.801. The Morgan fingerprint density at radius 3 is 2.09 bits per heavy atom. The average molecular weight is 579 g/mol. The van der Waals surface area contributed by atoms with Gasteiger partial charge in [0.15, 0.2) is 0 Å². The van der Waals surface area contributed by atoms with E-state index in [0.29, 0.717) is 0 Å². The van der Waals surface area contributed by atoms with Gasteiger partial charge >= 0.3 is 0 Å². The fourth-order valence-corrected chi connectivity index (χ4v) is 7.04. The first-order valence-electron chi connectivity index (χ1n) is 15.5. The van der Waals surface area contributed by atoms with Gasteiger partial charge in [-0.25, -0.2) is 0 Å². The Balaban J connectivity index is 1.23. The lowest BCUT2D eigenvalue weighted by Crippen LogP contribution is -2.13. The topological polar surface area (TPSA) is 30.1 Å². The van der Waals surface area contributed by atoms with E-state index in [1.165, 1.54) is 60.5 Å². The lowest BCUT2D eigenvalue weighted by Gasteiger charge is -2.15. The fourth-order valence-electron chi connectivity index (χ4n) is 7.04. The second-order valence-corrected chi connectivity index (χ2v) is 11.7. The summed E-state index contributed by atoms with van der Waals surface area (Å²) in [7, 11) is 0. The van der Waals surface area contributed by atoms with Gasteiger partial charge in [0.2, 0.25) is 0 Å². The summed E-state index contributed by atoms with van der Waals surface area (Å²) in [5, 5.41) is 11.0. The van der Waals surface area contributed by atoms with Crippen molar-refractivity contribution in [2.45, 2.75) is 13.1 Å². The molecule has 0 atom stereocenters. The molecule has 3 heteroatoms. The van der Waals surface area contributed by atoms with Gasteiger partial charge in [-0.3, -0.25) is 0 Å². The van der Waals surface area contributed by atoms with Crippen LogP contribution in [-0.4, -0.2) is 4.57 Å². The molecule has 3 nitrogen and oxygen atoms in total. The van der Waals surface area contributed by atoms with Gasteiger partial charge in [-0.1, -0.05) is 121 Å². The highest BCUT2D eigenvalue weighted by atomic mass is 16.3. The molecule has 0 amide bonds. The van der Waals surface area contributed by atoms with Crippen molar-refractivity contribution in [3.63, 3.8) is 0 Å². The van der Waals surface area contributed by atoms with E-state index in [-0.39, 0.29) is 0 Å². The van der Waals surface area contributed by atoms with E-state index in [1.54, 1.807) is 0 Å². The maximum atomic E-state index is 6.25. The van der Waals surface area contributed by atoms with E-state index >= 15 is 0 Å². The fraction of sp³-hybridized carbons (Fsp3) is 0.0476. The Morgan fingerprint density at radius 1 is 0.489 bits per heavy atom. The van der Waals surface area contributed by atoms with Gasteiger partial charge in [0.05, 0.1) is 16.7 Å². The molecular weight excluding hydrogens is 548 g/mol. The van der Waals surface area contributed by atoms with Crippen molar-refractivity contribution in [3.05, 3.63) is 163 Å². The molecule has 0 aliphatic heterocycles. The summed E-state index contributed by atoms with van der Waals surface area (Å²) < 4.78 is 8.69. The zero-order chi connectivity index (χ0) is 29.7. The van der Waals surface area contributed by atoms with Crippen molar-refractivity contribution >= 4 is 54.5 Å². The highest BCUT2D eigenvalue weighted by Crippen LogP contribution is 2.40. The summed E-state index contributed by atoms with van der Waals surface area (Å²) >= 11 is 0. The van der Waals surface area contributed by atoms with Gasteiger partial charge < -0.3 is 14.3 Å². The normalized spacial score (nSPS) is 11.8. The van der Waals surface area contributed by atoms with Crippen LogP contribution in [0.25, 0.3) is 71.3 Å². The van der Waals surface area contributed by atoms with E-state index in [4.69, 9.17) is 4.42 Å². The van der Waals surface area contributed by atoms with Crippen molar-refractivity contribution < 1.29 is 4.42 Å². The SMILES string of the molecule is c1ccc(CNCc2ccc(-n3c4ccccc4c4ccc(-c5cccc6oc7ccccc7c56)cc43)c3ccccc23)cc1. The molecule has 0 saturated carbocycles. The Morgan fingerprint density at radius 2 is 1.20 bits per heavy atom. The van der Waals surface area contributed by atoms with Crippen LogP contribution < -0.4 is 5.32 Å². The number of para-hydroxylation sites is 2. The van der Waals surface area contributed by atoms with Gasteiger partial charge in [0, 0.05) is 40.0 Å². The first-order valence-corrected chi connectivity index (χ1v) is 15.5. The van der Waals surface area contributed by atoms with E-state index < -0.39 is 0 Å². The monoisotopic (exact) mass is 578 g/mol. The molecule has 1 N–H and O–H groups in total. The number of nitrogens with zero attached hydrogens (tertiary/aromatic N) is 1. The second kappa shape index (κ2) is 10.5. The van der Waals surface area contributed by atoms with Crippen LogP contribution in [0, 0.1) is 0 Å². The minimum atomic E-state index is 0.801. The smallest absolute Gasteiger partial charge is 0.136 e. The van der Waals surface area contributed by atoms with Crippen LogP contribution in [0.2, 0.25) is 0 Å². The summed E-state index contributed by atoms with van der Waals surface area (Å²) in [6.45, 7) is 1.64. The standard InChI is InChI=1S/C42H30N2O/c1-2-11-28(12-3-1)26-43-27-30-22-24-38(33-14-5-4-13-31(30)33)44-37-18-8-6-15-34(37)35-23-21-29(25-39(35)44)32-17-10-20-41-42(32)36-16-7-9-19-40(36)45-41/h1-25,43H,26-27H2. The summed E-state index contributed by atoms with van der Waals surface area (Å²) in [6.07, 6.45) is 0. The predicted octanol–water partition coefficient (Wildman–Crippen LogP) is 10.8. The number of hydrogen-bond donors (Lipinski definition) is 1. The largest absolute Gasteiger partial charge is 0.456 e. The van der Waals surface area contributed by atoms with Crippen LogP contribution in [0.3, 0.4) is 0 Å². The Kier molecular flexibility index (Phi) is 6.03. The molecule has 0 spiro atoms. The maximum Gasteiger partial charge on any atom is 0.136 e. The number of rotatable bonds is 6. The van der Waals surface area contributed by atoms with Crippen LogP contribution in [0.1, 0.15) is 11.1 Å². The van der Waals surface area contributed by atoms with Crippen molar-refractivity contribution in [2.24, 2.45) is 0 Å². The maximum absolute atomic E-state index is 6.25. The van der Waals surface area contributed by atoms with Crippen LogP contribution in [0.5, 0.6) is 0 Å². The van der Waals surface area contributed by atoms with E-state index in [1.807, 2.05) is 12.1 Å². The minimum Gasteiger partial charge on any atom is -0.456 e.